The number of nitro groups is 1. The third kappa shape index (κ3) is 3.40. The predicted molar refractivity (Wildman–Crippen MR) is 69.5 cm³/mol. The van der Waals surface area contributed by atoms with E-state index in [9.17, 15) is 10.1 Å². The second-order valence-electron chi connectivity index (χ2n) is 4.36. The van der Waals surface area contributed by atoms with Gasteiger partial charge < -0.3 is 14.9 Å². The molecule has 1 atom stereocenters. The Labute approximate surface area is 110 Å². The Hall–Kier alpha value is -1.70. The molecule has 104 valence electrons. The molecule has 7 heteroatoms. The van der Waals surface area contributed by atoms with Crippen molar-refractivity contribution in [3.63, 3.8) is 0 Å². The van der Waals surface area contributed by atoms with E-state index in [-0.39, 0.29) is 18.4 Å². The van der Waals surface area contributed by atoms with Crippen molar-refractivity contribution >= 4 is 11.4 Å². The Bertz CT molecular complexity index is 447. The van der Waals surface area contributed by atoms with Crippen molar-refractivity contribution in [1.29, 1.82) is 0 Å². The van der Waals surface area contributed by atoms with Crippen LogP contribution in [0.3, 0.4) is 0 Å². The first-order chi connectivity index (χ1) is 9.22. The molecule has 1 saturated heterocycles. The monoisotopic (exact) mass is 267 g/mol. The number of nitro benzene ring substituents is 1. The minimum Gasteiger partial charge on any atom is -0.376 e. The van der Waals surface area contributed by atoms with Gasteiger partial charge in [-0.15, -0.1) is 0 Å². The molecular formula is C12H17N3O4. The summed E-state index contributed by atoms with van der Waals surface area (Å²) in [5, 5.41) is 10.9. The van der Waals surface area contributed by atoms with Gasteiger partial charge in [-0.1, -0.05) is 12.1 Å². The molecule has 1 aliphatic rings. The summed E-state index contributed by atoms with van der Waals surface area (Å²) in [6, 6.07) is 4.76. The highest BCUT2D eigenvalue weighted by Crippen LogP contribution is 2.28. The van der Waals surface area contributed by atoms with Crippen LogP contribution in [0.5, 0.6) is 0 Å². The summed E-state index contributed by atoms with van der Waals surface area (Å²) in [5.74, 6) is 5.35. The van der Waals surface area contributed by atoms with Crippen molar-refractivity contribution in [3.05, 3.63) is 33.9 Å². The molecule has 0 amide bonds. The summed E-state index contributed by atoms with van der Waals surface area (Å²) in [4.78, 5) is 10.4. The van der Waals surface area contributed by atoms with Crippen LogP contribution in [0.4, 0.5) is 11.4 Å². The zero-order valence-electron chi connectivity index (χ0n) is 10.5. The Morgan fingerprint density at radius 2 is 2.42 bits per heavy atom. The van der Waals surface area contributed by atoms with Crippen LogP contribution in [0.1, 0.15) is 18.4 Å². The fourth-order valence-electron chi connectivity index (χ4n) is 2.10. The van der Waals surface area contributed by atoms with E-state index < -0.39 is 4.92 Å². The molecule has 0 saturated carbocycles. The highest BCUT2D eigenvalue weighted by atomic mass is 16.6. The third-order valence-corrected chi connectivity index (χ3v) is 3.06. The number of rotatable bonds is 6. The maximum atomic E-state index is 10.9. The molecule has 7 nitrogen and oxygen atoms in total. The van der Waals surface area contributed by atoms with Gasteiger partial charge in [0.1, 0.15) is 5.69 Å². The molecule has 0 radical (unpaired) electrons. The average molecular weight is 267 g/mol. The molecule has 1 aromatic rings. The Balaban J connectivity index is 1.98. The molecule has 1 heterocycles. The van der Waals surface area contributed by atoms with E-state index >= 15 is 0 Å². The van der Waals surface area contributed by atoms with Gasteiger partial charge >= 0.3 is 0 Å². The van der Waals surface area contributed by atoms with Gasteiger partial charge in [-0.25, -0.2) is 0 Å². The van der Waals surface area contributed by atoms with E-state index in [1.54, 1.807) is 12.1 Å². The molecular weight excluding hydrogens is 250 g/mol. The zero-order chi connectivity index (χ0) is 13.7. The van der Waals surface area contributed by atoms with Crippen molar-refractivity contribution in [2.75, 3.05) is 18.6 Å². The average Bonchev–Trinajstić information content (AvgIpc) is 2.91. The second kappa shape index (κ2) is 6.46. The number of nitrogens with zero attached hydrogens (tertiary/aromatic N) is 1. The van der Waals surface area contributed by atoms with Gasteiger partial charge in [0, 0.05) is 18.2 Å². The normalized spacial score (nSPS) is 18.5. The highest BCUT2D eigenvalue weighted by Gasteiger charge is 2.18. The summed E-state index contributed by atoms with van der Waals surface area (Å²) < 4.78 is 11.0. The van der Waals surface area contributed by atoms with Crippen molar-refractivity contribution in [2.24, 2.45) is 5.84 Å². The van der Waals surface area contributed by atoms with Crippen LogP contribution in [-0.4, -0.2) is 24.2 Å². The molecule has 19 heavy (non-hydrogen) atoms. The number of para-hydroxylation sites is 1. The molecule has 3 N–H and O–H groups in total. The summed E-state index contributed by atoms with van der Waals surface area (Å²) in [6.07, 6.45) is 2.19. The van der Waals surface area contributed by atoms with Crippen LogP contribution in [0.15, 0.2) is 18.2 Å². The largest absolute Gasteiger partial charge is 0.376 e. The van der Waals surface area contributed by atoms with Crippen molar-refractivity contribution < 1.29 is 14.4 Å². The van der Waals surface area contributed by atoms with Crippen LogP contribution in [0.2, 0.25) is 0 Å². The summed E-state index contributed by atoms with van der Waals surface area (Å²) in [6.45, 7) is 1.54. The van der Waals surface area contributed by atoms with Crippen LogP contribution in [-0.2, 0) is 16.1 Å². The van der Waals surface area contributed by atoms with Crippen LogP contribution in [0.25, 0.3) is 0 Å². The number of nitrogens with two attached hydrogens (primary N) is 1. The topological polar surface area (TPSA) is 99.7 Å². The SMILES string of the molecule is NNc1c(COCC2CCCO2)cccc1[N+](=O)[O-]. The number of benzene rings is 1. The van der Waals surface area contributed by atoms with E-state index in [0.29, 0.717) is 17.9 Å². The lowest BCUT2D eigenvalue weighted by Gasteiger charge is -2.12. The van der Waals surface area contributed by atoms with E-state index in [4.69, 9.17) is 15.3 Å². The molecule has 0 aliphatic carbocycles. The fraction of sp³-hybridized carbons (Fsp3) is 0.500. The Morgan fingerprint density at radius 3 is 3.05 bits per heavy atom. The van der Waals surface area contributed by atoms with Crippen LogP contribution in [0, 0.1) is 10.1 Å². The number of nitrogen functional groups attached to an aromatic ring is 1. The molecule has 0 bridgehead atoms. The number of ether oxygens (including phenoxy) is 2. The lowest BCUT2D eigenvalue weighted by atomic mass is 10.1. The van der Waals surface area contributed by atoms with Crippen LogP contribution >= 0.6 is 0 Å². The molecule has 1 aromatic carbocycles. The Kier molecular flexibility index (Phi) is 4.67. The van der Waals surface area contributed by atoms with E-state index in [1.165, 1.54) is 6.07 Å². The first kappa shape index (κ1) is 13.7. The van der Waals surface area contributed by atoms with E-state index in [0.717, 1.165) is 19.4 Å². The lowest BCUT2D eigenvalue weighted by molar-refractivity contribution is -0.384. The number of hydrogen-bond acceptors (Lipinski definition) is 6. The number of hydrogen-bond donors (Lipinski definition) is 2. The molecule has 1 unspecified atom stereocenters. The quantitative estimate of drug-likeness (QED) is 0.461. The maximum Gasteiger partial charge on any atom is 0.294 e. The summed E-state index contributed by atoms with van der Waals surface area (Å²) in [7, 11) is 0. The first-order valence-electron chi connectivity index (χ1n) is 6.14. The summed E-state index contributed by atoms with van der Waals surface area (Å²) >= 11 is 0. The zero-order valence-corrected chi connectivity index (χ0v) is 10.5. The first-order valence-corrected chi connectivity index (χ1v) is 6.14. The van der Waals surface area contributed by atoms with E-state index in [2.05, 4.69) is 5.43 Å². The summed E-state index contributed by atoms with van der Waals surface area (Å²) in [5.41, 5.74) is 3.27. The molecule has 0 aromatic heterocycles. The van der Waals surface area contributed by atoms with Gasteiger partial charge in [0.15, 0.2) is 0 Å². The minimum atomic E-state index is -0.473. The second-order valence-corrected chi connectivity index (χ2v) is 4.36. The minimum absolute atomic E-state index is 0.0549. The number of hydrazine groups is 1. The molecule has 1 aliphatic heterocycles. The highest BCUT2D eigenvalue weighted by molar-refractivity contribution is 5.65. The maximum absolute atomic E-state index is 10.9. The van der Waals surface area contributed by atoms with Gasteiger partial charge in [0.05, 0.1) is 24.2 Å². The number of nitrogens with one attached hydrogen (secondary N) is 1. The van der Waals surface area contributed by atoms with Gasteiger partial charge in [0.25, 0.3) is 5.69 Å². The van der Waals surface area contributed by atoms with E-state index in [1.807, 2.05) is 0 Å². The van der Waals surface area contributed by atoms with Crippen molar-refractivity contribution in [3.8, 4) is 0 Å². The number of anilines is 1. The molecule has 1 fully saturated rings. The van der Waals surface area contributed by atoms with Gasteiger partial charge in [-0.05, 0) is 12.8 Å². The van der Waals surface area contributed by atoms with Gasteiger partial charge in [0.2, 0.25) is 0 Å². The smallest absolute Gasteiger partial charge is 0.294 e. The molecule has 0 spiro atoms. The Morgan fingerprint density at radius 1 is 1.58 bits per heavy atom. The van der Waals surface area contributed by atoms with Crippen LogP contribution < -0.4 is 11.3 Å². The van der Waals surface area contributed by atoms with Crippen molar-refractivity contribution in [1.82, 2.24) is 0 Å². The fourth-order valence-corrected chi connectivity index (χ4v) is 2.10. The van der Waals surface area contributed by atoms with Crippen molar-refractivity contribution in [2.45, 2.75) is 25.6 Å². The standard InChI is InChI=1S/C12H17N3O4/c13-14-12-9(3-1-5-11(12)15(16)17)7-18-8-10-4-2-6-19-10/h1,3,5,10,14H,2,4,6-8,13H2. The molecule has 2 rings (SSSR count). The van der Waals surface area contributed by atoms with Gasteiger partial charge in [-0.3, -0.25) is 16.0 Å². The van der Waals surface area contributed by atoms with Gasteiger partial charge in [-0.2, -0.15) is 0 Å². The predicted octanol–water partition coefficient (Wildman–Crippen LogP) is 1.58. The lowest BCUT2D eigenvalue weighted by Crippen LogP contribution is -2.15. The third-order valence-electron chi connectivity index (χ3n) is 3.06.